The molecular formula is C18H16F3NO4. The second kappa shape index (κ2) is 5.49. The zero-order chi connectivity index (χ0) is 18.7. The Balaban J connectivity index is 1.84. The highest BCUT2D eigenvalue weighted by Gasteiger charge is 2.67. The smallest absolute Gasteiger partial charge is 0.466 e. The number of fused-ring (bicyclic) bond motifs is 5. The lowest BCUT2D eigenvalue weighted by Gasteiger charge is -2.35. The number of benzene rings is 1. The van der Waals surface area contributed by atoms with Gasteiger partial charge in [0.25, 0.3) is 0 Å². The molecule has 2 aliphatic carbocycles. The summed E-state index contributed by atoms with van der Waals surface area (Å²) in [6, 6.07) is 3.73. The van der Waals surface area contributed by atoms with Gasteiger partial charge in [0.05, 0.1) is 17.9 Å². The molecule has 138 valence electrons. The monoisotopic (exact) mass is 367 g/mol. The Bertz CT molecular complexity index is 819. The summed E-state index contributed by atoms with van der Waals surface area (Å²) in [6.45, 7) is 1.84. The van der Waals surface area contributed by atoms with Crippen molar-refractivity contribution in [3.05, 3.63) is 35.9 Å². The number of allylic oxidation sites excluding steroid dienone is 2. The number of hydrogen-bond donors (Lipinski definition) is 1. The molecule has 0 unspecified atom stereocenters. The highest BCUT2D eigenvalue weighted by molar-refractivity contribution is 6.10. The van der Waals surface area contributed by atoms with Gasteiger partial charge in [0.1, 0.15) is 5.75 Å². The number of carbonyl (C=O) groups is 2. The molecule has 4 atom stereocenters. The third-order valence-corrected chi connectivity index (χ3v) is 5.46. The SMILES string of the molecule is CCOC(=O)[C@@H]1[C@@H]2C=C[C@@H](C2)[C@@]12C(=O)Nc1ccc(OC(F)(F)F)cc12. The fraction of sp³-hybridized carbons (Fsp3) is 0.444. The van der Waals surface area contributed by atoms with Gasteiger partial charge in [-0.1, -0.05) is 12.2 Å². The van der Waals surface area contributed by atoms with Crippen LogP contribution in [0.4, 0.5) is 18.9 Å². The molecule has 1 heterocycles. The first kappa shape index (κ1) is 16.9. The van der Waals surface area contributed by atoms with Gasteiger partial charge < -0.3 is 14.8 Å². The molecule has 2 bridgehead atoms. The molecule has 1 aromatic carbocycles. The van der Waals surface area contributed by atoms with Crippen molar-refractivity contribution in [3.8, 4) is 5.75 Å². The van der Waals surface area contributed by atoms with Crippen LogP contribution in [0.2, 0.25) is 0 Å². The van der Waals surface area contributed by atoms with Crippen LogP contribution in [0.25, 0.3) is 0 Å². The van der Waals surface area contributed by atoms with E-state index in [0.29, 0.717) is 17.7 Å². The third kappa shape index (κ3) is 2.24. The molecule has 1 spiro atoms. The second-order valence-corrected chi connectivity index (χ2v) is 6.70. The van der Waals surface area contributed by atoms with Crippen LogP contribution in [0.15, 0.2) is 30.4 Å². The van der Waals surface area contributed by atoms with Crippen molar-refractivity contribution in [3.63, 3.8) is 0 Å². The minimum atomic E-state index is -4.84. The number of amides is 1. The Morgan fingerprint density at radius 2 is 2.12 bits per heavy atom. The Labute approximate surface area is 147 Å². The summed E-state index contributed by atoms with van der Waals surface area (Å²) in [7, 11) is 0. The summed E-state index contributed by atoms with van der Waals surface area (Å²) < 4.78 is 47.0. The molecule has 1 N–H and O–H groups in total. The highest BCUT2D eigenvalue weighted by atomic mass is 19.4. The van der Waals surface area contributed by atoms with E-state index in [4.69, 9.17) is 4.74 Å². The molecule has 1 saturated carbocycles. The molecule has 0 saturated heterocycles. The predicted molar refractivity (Wildman–Crippen MR) is 84.3 cm³/mol. The minimum Gasteiger partial charge on any atom is -0.466 e. The quantitative estimate of drug-likeness (QED) is 0.658. The number of rotatable bonds is 3. The maximum atomic E-state index is 12.9. The number of carbonyl (C=O) groups excluding carboxylic acids is 2. The van der Waals surface area contributed by atoms with Crippen LogP contribution in [0.3, 0.4) is 0 Å². The van der Waals surface area contributed by atoms with E-state index in [9.17, 15) is 22.8 Å². The Morgan fingerprint density at radius 1 is 1.35 bits per heavy atom. The second-order valence-electron chi connectivity index (χ2n) is 6.70. The molecule has 5 nitrogen and oxygen atoms in total. The van der Waals surface area contributed by atoms with Gasteiger partial charge >= 0.3 is 12.3 Å². The number of alkyl halides is 3. The topological polar surface area (TPSA) is 64.6 Å². The van der Waals surface area contributed by atoms with E-state index in [1.807, 2.05) is 12.2 Å². The molecule has 1 aliphatic heterocycles. The summed E-state index contributed by atoms with van der Waals surface area (Å²) in [6.07, 6.45) is -0.502. The molecule has 0 radical (unpaired) electrons. The third-order valence-electron chi connectivity index (χ3n) is 5.46. The molecule has 26 heavy (non-hydrogen) atoms. The molecule has 1 aromatic rings. The van der Waals surface area contributed by atoms with Gasteiger partial charge in [-0.2, -0.15) is 0 Å². The number of hydrogen-bond acceptors (Lipinski definition) is 4. The number of nitrogens with one attached hydrogen (secondary N) is 1. The van der Waals surface area contributed by atoms with Gasteiger partial charge in [-0.25, -0.2) is 0 Å². The highest BCUT2D eigenvalue weighted by Crippen LogP contribution is 2.62. The largest absolute Gasteiger partial charge is 0.573 e. The van der Waals surface area contributed by atoms with Crippen molar-refractivity contribution in [1.29, 1.82) is 0 Å². The van der Waals surface area contributed by atoms with Crippen LogP contribution in [-0.2, 0) is 19.7 Å². The average Bonchev–Trinajstić information content (AvgIpc) is 3.21. The zero-order valence-corrected chi connectivity index (χ0v) is 13.8. The number of esters is 1. The van der Waals surface area contributed by atoms with E-state index in [0.717, 1.165) is 6.07 Å². The van der Waals surface area contributed by atoms with Gasteiger partial charge in [0, 0.05) is 5.69 Å². The lowest BCUT2D eigenvalue weighted by molar-refractivity contribution is -0.274. The van der Waals surface area contributed by atoms with Crippen molar-refractivity contribution in [1.82, 2.24) is 0 Å². The van der Waals surface area contributed by atoms with Crippen LogP contribution in [-0.4, -0.2) is 24.8 Å². The van der Waals surface area contributed by atoms with Crippen molar-refractivity contribution >= 4 is 17.6 Å². The molecule has 1 amide bonds. The van der Waals surface area contributed by atoms with Crippen molar-refractivity contribution in [2.24, 2.45) is 17.8 Å². The van der Waals surface area contributed by atoms with E-state index < -0.39 is 29.4 Å². The minimum absolute atomic E-state index is 0.165. The summed E-state index contributed by atoms with van der Waals surface area (Å²) in [5.41, 5.74) is -0.495. The maximum absolute atomic E-state index is 12.9. The average molecular weight is 367 g/mol. The first-order valence-electron chi connectivity index (χ1n) is 8.34. The van der Waals surface area contributed by atoms with Crippen LogP contribution in [0.5, 0.6) is 5.75 Å². The van der Waals surface area contributed by atoms with E-state index in [1.54, 1.807) is 6.92 Å². The standard InChI is InChI=1S/C18H16F3NO4/c1-2-25-15(23)14-9-3-4-10(7-9)17(14)12-8-11(26-18(19,20)21)5-6-13(12)22-16(17)24/h3-6,8-10,14H,2,7H2,1H3,(H,22,24)/t9-,10+,14+,17+/m1/s1. The lowest BCUT2D eigenvalue weighted by Crippen LogP contribution is -2.48. The first-order valence-corrected chi connectivity index (χ1v) is 8.34. The number of halogens is 3. The van der Waals surface area contributed by atoms with Gasteiger partial charge in [-0.3, -0.25) is 9.59 Å². The van der Waals surface area contributed by atoms with E-state index in [1.165, 1.54) is 12.1 Å². The van der Waals surface area contributed by atoms with E-state index >= 15 is 0 Å². The van der Waals surface area contributed by atoms with Gasteiger partial charge in [-0.05, 0) is 48.9 Å². The summed E-state index contributed by atoms with van der Waals surface area (Å²) >= 11 is 0. The van der Waals surface area contributed by atoms with Crippen LogP contribution < -0.4 is 10.1 Å². The molecule has 8 heteroatoms. The van der Waals surface area contributed by atoms with Crippen molar-refractivity contribution < 1.29 is 32.2 Å². The summed E-state index contributed by atoms with van der Waals surface area (Å²) in [4.78, 5) is 25.6. The van der Waals surface area contributed by atoms with Crippen LogP contribution in [0, 0.1) is 17.8 Å². The predicted octanol–water partition coefficient (Wildman–Crippen LogP) is 3.16. The fourth-order valence-corrected chi connectivity index (χ4v) is 4.67. The number of anilines is 1. The lowest BCUT2D eigenvalue weighted by atomic mass is 9.65. The fourth-order valence-electron chi connectivity index (χ4n) is 4.67. The van der Waals surface area contributed by atoms with E-state index in [-0.39, 0.29) is 24.3 Å². The summed E-state index contributed by atoms with van der Waals surface area (Å²) in [5.74, 6) is -2.52. The van der Waals surface area contributed by atoms with Gasteiger partial charge in [0.2, 0.25) is 5.91 Å². The summed E-state index contributed by atoms with van der Waals surface area (Å²) in [5, 5.41) is 2.71. The maximum Gasteiger partial charge on any atom is 0.573 e. The normalized spacial score (nSPS) is 31.2. The van der Waals surface area contributed by atoms with Crippen molar-refractivity contribution in [2.75, 3.05) is 11.9 Å². The Hall–Kier alpha value is -2.51. The molecular weight excluding hydrogens is 351 g/mol. The molecule has 1 fully saturated rings. The van der Waals surface area contributed by atoms with Crippen LogP contribution in [0.1, 0.15) is 18.9 Å². The zero-order valence-electron chi connectivity index (χ0n) is 13.8. The molecule has 3 aliphatic rings. The van der Waals surface area contributed by atoms with E-state index in [2.05, 4.69) is 10.1 Å². The molecule has 4 rings (SSSR count). The first-order chi connectivity index (χ1) is 12.3. The Kier molecular flexibility index (Phi) is 3.58. The van der Waals surface area contributed by atoms with Crippen LogP contribution >= 0.6 is 0 Å². The van der Waals surface area contributed by atoms with Gasteiger partial charge in [-0.15, -0.1) is 13.2 Å². The van der Waals surface area contributed by atoms with Crippen molar-refractivity contribution in [2.45, 2.75) is 25.1 Å². The number of ether oxygens (including phenoxy) is 2. The Morgan fingerprint density at radius 3 is 2.81 bits per heavy atom. The molecule has 0 aromatic heterocycles. The van der Waals surface area contributed by atoms with Gasteiger partial charge in [0.15, 0.2) is 0 Å².